The molecule has 1 atom stereocenters. The fourth-order valence-electron chi connectivity index (χ4n) is 3.31. The second kappa shape index (κ2) is 8.10. The predicted octanol–water partition coefficient (Wildman–Crippen LogP) is 2.34. The highest BCUT2D eigenvalue weighted by atomic mass is 32.2. The molecule has 1 aliphatic heterocycles. The molecular weight excluding hydrogens is 362 g/mol. The van der Waals surface area contributed by atoms with Crippen molar-refractivity contribution >= 4 is 21.6 Å². The minimum atomic E-state index is -3.75. The third kappa shape index (κ3) is 3.99. The number of nitrogens with zero attached hydrogens (tertiary/aromatic N) is 2. The zero-order valence-corrected chi connectivity index (χ0v) is 16.4. The number of amides is 1. The average Bonchev–Trinajstić information content (AvgIpc) is 2.69. The van der Waals surface area contributed by atoms with E-state index in [4.69, 9.17) is 0 Å². The van der Waals surface area contributed by atoms with Gasteiger partial charge in [-0.3, -0.25) is 9.10 Å². The molecule has 2 aromatic carbocycles. The molecule has 1 fully saturated rings. The van der Waals surface area contributed by atoms with Crippen molar-refractivity contribution in [2.75, 3.05) is 30.5 Å². The fraction of sp³-hybridized carbons (Fsp3) is 0.350. The van der Waals surface area contributed by atoms with Gasteiger partial charge in [0.15, 0.2) is 0 Å². The fourth-order valence-corrected chi connectivity index (χ4v) is 4.83. The number of anilines is 1. The molecule has 1 unspecified atom stereocenters. The standard InChI is InChI=1S/C20H25N3O3S/c1-3-23(18-9-5-4-6-10-18)27(25,26)19-11-7-8-17(14-19)20(24)22-13-12-21-15-16(22)2/h4-11,14,16,21H,3,12-13,15H2,1-2H3. The maximum Gasteiger partial charge on any atom is 0.264 e. The van der Waals surface area contributed by atoms with Gasteiger partial charge in [0, 0.05) is 37.8 Å². The summed E-state index contributed by atoms with van der Waals surface area (Å²) in [4.78, 5) is 14.8. The number of carbonyl (C=O) groups is 1. The van der Waals surface area contributed by atoms with Gasteiger partial charge in [-0.15, -0.1) is 0 Å². The third-order valence-corrected chi connectivity index (χ3v) is 6.66. The number of hydrogen-bond donors (Lipinski definition) is 1. The van der Waals surface area contributed by atoms with Crippen LogP contribution in [0.1, 0.15) is 24.2 Å². The van der Waals surface area contributed by atoms with Gasteiger partial charge in [0.25, 0.3) is 15.9 Å². The zero-order chi connectivity index (χ0) is 19.4. The predicted molar refractivity (Wildman–Crippen MR) is 106 cm³/mol. The molecule has 0 saturated carbocycles. The lowest BCUT2D eigenvalue weighted by Crippen LogP contribution is -2.52. The molecule has 1 heterocycles. The van der Waals surface area contributed by atoms with Crippen LogP contribution in [0.4, 0.5) is 5.69 Å². The number of benzene rings is 2. The van der Waals surface area contributed by atoms with Crippen molar-refractivity contribution in [1.29, 1.82) is 0 Å². The molecule has 27 heavy (non-hydrogen) atoms. The van der Waals surface area contributed by atoms with Gasteiger partial charge in [-0.1, -0.05) is 24.3 Å². The van der Waals surface area contributed by atoms with Crippen LogP contribution in [0.25, 0.3) is 0 Å². The molecule has 0 spiro atoms. The lowest BCUT2D eigenvalue weighted by atomic mass is 10.1. The van der Waals surface area contributed by atoms with Gasteiger partial charge in [-0.2, -0.15) is 0 Å². The highest BCUT2D eigenvalue weighted by Gasteiger charge is 2.27. The molecule has 0 radical (unpaired) electrons. The van der Waals surface area contributed by atoms with E-state index in [0.29, 0.717) is 24.3 Å². The van der Waals surface area contributed by atoms with Crippen molar-refractivity contribution < 1.29 is 13.2 Å². The summed E-state index contributed by atoms with van der Waals surface area (Å²) in [6.07, 6.45) is 0. The van der Waals surface area contributed by atoms with E-state index in [2.05, 4.69) is 5.32 Å². The van der Waals surface area contributed by atoms with E-state index in [-0.39, 0.29) is 16.8 Å². The molecule has 2 aromatic rings. The zero-order valence-electron chi connectivity index (χ0n) is 15.6. The molecule has 0 bridgehead atoms. The summed E-state index contributed by atoms with van der Waals surface area (Å²) >= 11 is 0. The summed E-state index contributed by atoms with van der Waals surface area (Å²) in [6, 6.07) is 15.4. The molecule has 144 valence electrons. The van der Waals surface area contributed by atoms with E-state index >= 15 is 0 Å². The van der Waals surface area contributed by atoms with Crippen LogP contribution in [-0.2, 0) is 10.0 Å². The Morgan fingerprint density at radius 2 is 1.93 bits per heavy atom. The molecule has 6 nitrogen and oxygen atoms in total. The SMILES string of the molecule is CCN(c1ccccc1)S(=O)(=O)c1cccc(C(=O)N2CCNCC2C)c1. The summed E-state index contributed by atoms with van der Waals surface area (Å²) in [5.74, 6) is -0.135. The first-order chi connectivity index (χ1) is 12.9. The van der Waals surface area contributed by atoms with Gasteiger partial charge >= 0.3 is 0 Å². The van der Waals surface area contributed by atoms with E-state index < -0.39 is 10.0 Å². The van der Waals surface area contributed by atoms with E-state index in [1.54, 1.807) is 54.3 Å². The molecule has 0 aliphatic carbocycles. The molecular formula is C20H25N3O3S. The monoisotopic (exact) mass is 387 g/mol. The van der Waals surface area contributed by atoms with Gasteiger partial charge < -0.3 is 10.2 Å². The largest absolute Gasteiger partial charge is 0.333 e. The van der Waals surface area contributed by atoms with Crippen LogP contribution in [0.2, 0.25) is 0 Å². The van der Waals surface area contributed by atoms with Crippen LogP contribution in [0.5, 0.6) is 0 Å². The number of rotatable bonds is 5. The Hall–Kier alpha value is -2.38. The van der Waals surface area contributed by atoms with Crippen molar-refractivity contribution in [3.63, 3.8) is 0 Å². The summed E-state index contributed by atoms with van der Waals surface area (Å²) in [5.41, 5.74) is 1.00. The van der Waals surface area contributed by atoms with E-state index in [1.165, 1.54) is 10.4 Å². The Morgan fingerprint density at radius 1 is 1.19 bits per heavy atom. The minimum Gasteiger partial charge on any atom is -0.333 e. The summed E-state index contributed by atoms with van der Waals surface area (Å²) < 4.78 is 27.7. The Bertz CT molecular complexity index is 900. The topological polar surface area (TPSA) is 69.7 Å². The van der Waals surface area contributed by atoms with Gasteiger partial charge in [-0.25, -0.2) is 8.42 Å². The number of sulfonamides is 1. The second-order valence-corrected chi connectivity index (χ2v) is 8.45. The van der Waals surface area contributed by atoms with Crippen molar-refractivity contribution in [3.05, 3.63) is 60.2 Å². The van der Waals surface area contributed by atoms with Gasteiger partial charge in [0.1, 0.15) is 0 Å². The average molecular weight is 388 g/mol. The van der Waals surface area contributed by atoms with Crippen molar-refractivity contribution in [2.24, 2.45) is 0 Å². The number of nitrogens with one attached hydrogen (secondary N) is 1. The minimum absolute atomic E-state index is 0.0722. The summed E-state index contributed by atoms with van der Waals surface area (Å²) in [6.45, 7) is 6.18. The Morgan fingerprint density at radius 3 is 2.59 bits per heavy atom. The summed E-state index contributed by atoms with van der Waals surface area (Å²) in [5, 5.41) is 3.25. The van der Waals surface area contributed by atoms with Gasteiger partial charge in [0.2, 0.25) is 0 Å². The van der Waals surface area contributed by atoms with Gasteiger partial charge in [0.05, 0.1) is 10.6 Å². The smallest absolute Gasteiger partial charge is 0.264 e. The van der Waals surface area contributed by atoms with E-state index in [9.17, 15) is 13.2 Å². The molecule has 1 amide bonds. The lowest BCUT2D eigenvalue weighted by Gasteiger charge is -2.34. The Labute approximate surface area is 160 Å². The van der Waals surface area contributed by atoms with Crippen molar-refractivity contribution in [3.8, 4) is 0 Å². The first kappa shape index (κ1) is 19.4. The molecule has 3 rings (SSSR count). The van der Waals surface area contributed by atoms with Crippen LogP contribution >= 0.6 is 0 Å². The number of hydrogen-bond acceptors (Lipinski definition) is 4. The number of piperazine rings is 1. The molecule has 7 heteroatoms. The highest BCUT2D eigenvalue weighted by Crippen LogP contribution is 2.24. The highest BCUT2D eigenvalue weighted by molar-refractivity contribution is 7.92. The Kier molecular flexibility index (Phi) is 5.82. The van der Waals surface area contributed by atoms with Crippen LogP contribution in [-0.4, -0.2) is 51.4 Å². The van der Waals surface area contributed by atoms with Crippen LogP contribution in [0, 0.1) is 0 Å². The molecule has 1 saturated heterocycles. The first-order valence-electron chi connectivity index (χ1n) is 9.14. The quantitative estimate of drug-likeness (QED) is 0.855. The van der Waals surface area contributed by atoms with E-state index in [1.807, 2.05) is 13.0 Å². The normalized spacial score (nSPS) is 17.6. The molecule has 1 aliphatic rings. The summed E-state index contributed by atoms with van der Waals surface area (Å²) in [7, 11) is -3.75. The number of carbonyl (C=O) groups excluding carboxylic acids is 1. The van der Waals surface area contributed by atoms with Crippen molar-refractivity contribution in [2.45, 2.75) is 24.8 Å². The maximum atomic E-state index is 13.2. The van der Waals surface area contributed by atoms with E-state index in [0.717, 1.165) is 13.1 Å². The third-order valence-electron chi connectivity index (χ3n) is 4.76. The first-order valence-corrected chi connectivity index (χ1v) is 10.6. The van der Waals surface area contributed by atoms with Crippen LogP contribution in [0.15, 0.2) is 59.5 Å². The maximum absolute atomic E-state index is 13.2. The molecule has 1 N–H and O–H groups in total. The van der Waals surface area contributed by atoms with Crippen LogP contribution < -0.4 is 9.62 Å². The Balaban J connectivity index is 1.93. The molecule has 0 aromatic heterocycles. The second-order valence-electron chi connectivity index (χ2n) is 6.58. The lowest BCUT2D eigenvalue weighted by molar-refractivity contribution is 0.0655. The van der Waals surface area contributed by atoms with Crippen molar-refractivity contribution in [1.82, 2.24) is 10.2 Å². The number of para-hydroxylation sites is 1. The van der Waals surface area contributed by atoms with Crippen LogP contribution in [0.3, 0.4) is 0 Å². The van der Waals surface area contributed by atoms with Gasteiger partial charge in [-0.05, 0) is 44.2 Å².